The SMILES string of the molecule is CCCCC[N+]1=C(CN2CCN(C)CC2)N=C2C1C(=O)N(C)C(=O)N2C. The van der Waals surface area contributed by atoms with Gasteiger partial charge in [-0.1, -0.05) is 13.3 Å². The van der Waals surface area contributed by atoms with Gasteiger partial charge in [0.15, 0.2) is 0 Å². The number of hydrogen-bond acceptors (Lipinski definition) is 5. The molecule has 0 radical (unpaired) electrons. The number of unbranched alkanes of at least 4 members (excludes halogenated alkanes) is 2. The van der Waals surface area contributed by atoms with Crippen LogP contribution in [0.4, 0.5) is 4.79 Å². The average Bonchev–Trinajstić information content (AvgIpc) is 2.99. The summed E-state index contributed by atoms with van der Waals surface area (Å²) in [5, 5.41) is 0. The van der Waals surface area contributed by atoms with Crippen LogP contribution in [0.15, 0.2) is 4.99 Å². The fourth-order valence-electron chi connectivity index (χ4n) is 3.77. The lowest BCUT2D eigenvalue weighted by atomic mass is 10.1. The lowest BCUT2D eigenvalue weighted by molar-refractivity contribution is -0.537. The van der Waals surface area contributed by atoms with E-state index in [0.717, 1.165) is 64.4 Å². The summed E-state index contributed by atoms with van der Waals surface area (Å²) >= 11 is 0. The number of nitrogens with zero attached hydrogens (tertiary/aromatic N) is 6. The second kappa shape index (κ2) is 7.84. The summed E-state index contributed by atoms with van der Waals surface area (Å²) in [6.45, 7) is 7.80. The van der Waals surface area contributed by atoms with Crippen molar-refractivity contribution in [3.8, 4) is 0 Å². The molecule has 1 unspecified atom stereocenters. The number of likely N-dealkylation sites (N-methyl/N-ethyl adjacent to an activating group) is 3. The Morgan fingerprint density at radius 1 is 1.04 bits per heavy atom. The number of amides is 3. The highest BCUT2D eigenvalue weighted by molar-refractivity contribution is 6.23. The summed E-state index contributed by atoms with van der Waals surface area (Å²) in [7, 11) is 5.40. The first-order valence-electron chi connectivity index (χ1n) is 9.61. The van der Waals surface area contributed by atoms with Crippen molar-refractivity contribution in [3.05, 3.63) is 0 Å². The van der Waals surface area contributed by atoms with Crippen LogP contribution in [-0.4, -0.2) is 114 Å². The van der Waals surface area contributed by atoms with E-state index in [0.29, 0.717) is 5.84 Å². The van der Waals surface area contributed by atoms with Crippen LogP contribution in [-0.2, 0) is 4.79 Å². The van der Waals surface area contributed by atoms with E-state index in [1.54, 1.807) is 14.1 Å². The summed E-state index contributed by atoms with van der Waals surface area (Å²) in [5.41, 5.74) is 0. The number of rotatable bonds is 6. The molecular weight excluding hydrogens is 332 g/mol. The molecule has 0 bridgehead atoms. The van der Waals surface area contributed by atoms with Crippen LogP contribution in [0.2, 0.25) is 0 Å². The molecular formula is C18H31N6O2+. The highest BCUT2D eigenvalue weighted by Crippen LogP contribution is 2.20. The van der Waals surface area contributed by atoms with Gasteiger partial charge in [0.05, 0.1) is 6.54 Å². The molecule has 0 aliphatic carbocycles. The number of fused-ring (bicyclic) bond motifs is 1. The minimum atomic E-state index is -0.456. The van der Waals surface area contributed by atoms with Crippen molar-refractivity contribution in [2.45, 2.75) is 32.2 Å². The fourth-order valence-corrected chi connectivity index (χ4v) is 3.77. The Balaban J connectivity index is 1.85. The van der Waals surface area contributed by atoms with Crippen LogP contribution < -0.4 is 0 Å². The Bertz CT molecular complexity index is 636. The minimum Gasteiger partial charge on any atom is -0.304 e. The molecule has 2 saturated heterocycles. The van der Waals surface area contributed by atoms with Gasteiger partial charge in [-0.25, -0.2) is 9.37 Å². The van der Waals surface area contributed by atoms with E-state index in [2.05, 4.69) is 28.3 Å². The molecule has 3 aliphatic rings. The third kappa shape index (κ3) is 3.53. The number of carbonyl (C=O) groups is 2. The zero-order chi connectivity index (χ0) is 18.8. The Hall–Kier alpha value is -1.80. The van der Waals surface area contributed by atoms with E-state index in [9.17, 15) is 9.59 Å². The van der Waals surface area contributed by atoms with Crippen molar-refractivity contribution in [3.63, 3.8) is 0 Å². The van der Waals surface area contributed by atoms with Crippen molar-refractivity contribution in [1.82, 2.24) is 19.6 Å². The van der Waals surface area contributed by atoms with Gasteiger partial charge < -0.3 is 4.90 Å². The smallest absolute Gasteiger partial charge is 0.304 e. The fraction of sp³-hybridized carbons (Fsp3) is 0.778. The Morgan fingerprint density at radius 2 is 1.73 bits per heavy atom. The minimum absolute atomic E-state index is 0.170. The quantitative estimate of drug-likeness (QED) is 0.497. The number of piperazine rings is 1. The van der Waals surface area contributed by atoms with E-state index in [-0.39, 0.29) is 11.9 Å². The first-order chi connectivity index (χ1) is 12.4. The topological polar surface area (TPSA) is 62.5 Å². The van der Waals surface area contributed by atoms with Crippen molar-refractivity contribution in [2.75, 3.05) is 60.4 Å². The molecule has 0 spiro atoms. The summed E-state index contributed by atoms with van der Waals surface area (Å²) in [5.74, 6) is 1.34. The molecule has 2 fully saturated rings. The highest BCUT2D eigenvalue weighted by Gasteiger charge is 2.52. The molecule has 144 valence electrons. The van der Waals surface area contributed by atoms with Crippen LogP contribution in [0.5, 0.6) is 0 Å². The van der Waals surface area contributed by atoms with Crippen molar-refractivity contribution >= 4 is 23.6 Å². The number of hydrogen-bond donors (Lipinski definition) is 0. The van der Waals surface area contributed by atoms with Gasteiger partial charge in [0, 0.05) is 40.3 Å². The van der Waals surface area contributed by atoms with E-state index < -0.39 is 6.04 Å². The molecule has 0 N–H and O–H groups in total. The molecule has 3 heterocycles. The van der Waals surface area contributed by atoms with Gasteiger partial charge in [-0.05, 0) is 24.9 Å². The molecule has 0 aromatic carbocycles. The highest BCUT2D eigenvalue weighted by atomic mass is 16.2. The predicted octanol–water partition coefficient (Wildman–Crippen LogP) is 0.140. The Labute approximate surface area is 155 Å². The third-order valence-corrected chi connectivity index (χ3v) is 5.58. The zero-order valence-electron chi connectivity index (χ0n) is 16.4. The second-order valence-electron chi connectivity index (χ2n) is 7.51. The molecule has 1 atom stereocenters. The van der Waals surface area contributed by atoms with Gasteiger partial charge >= 0.3 is 11.9 Å². The third-order valence-electron chi connectivity index (χ3n) is 5.58. The molecule has 8 nitrogen and oxygen atoms in total. The van der Waals surface area contributed by atoms with Gasteiger partial charge in [0.25, 0.3) is 17.8 Å². The van der Waals surface area contributed by atoms with Gasteiger partial charge in [-0.15, -0.1) is 0 Å². The summed E-state index contributed by atoms with van der Waals surface area (Å²) in [6, 6.07) is -0.763. The van der Waals surface area contributed by atoms with E-state index in [1.165, 1.54) is 9.80 Å². The lowest BCUT2D eigenvalue weighted by Gasteiger charge is -2.31. The van der Waals surface area contributed by atoms with Crippen molar-refractivity contribution in [2.24, 2.45) is 4.99 Å². The molecule has 3 amide bonds. The monoisotopic (exact) mass is 363 g/mol. The maximum absolute atomic E-state index is 12.8. The maximum atomic E-state index is 12.8. The zero-order valence-corrected chi connectivity index (χ0v) is 16.4. The molecule has 0 aromatic heterocycles. The second-order valence-corrected chi connectivity index (χ2v) is 7.51. The van der Waals surface area contributed by atoms with Gasteiger partial charge in [0.1, 0.15) is 6.54 Å². The van der Waals surface area contributed by atoms with Crippen molar-refractivity contribution < 1.29 is 14.2 Å². The van der Waals surface area contributed by atoms with Gasteiger partial charge in [-0.3, -0.25) is 19.5 Å². The number of carbonyl (C=O) groups excluding carboxylic acids is 2. The van der Waals surface area contributed by atoms with Crippen LogP contribution in [0.25, 0.3) is 0 Å². The summed E-state index contributed by atoms with van der Waals surface area (Å²) in [6.07, 6.45) is 3.28. The van der Waals surface area contributed by atoms with E-state index >= 15 is 0 Å². The molecule has 0 saturated carbocycles. The van der Waals surface area contributed by atoms with Gasteiger partial charge in [-0.2, -0.15) is 0 Å². The number of imide groups is 1. The largest absolute Gasteiger partial charge is 0.333 e. The van der Waals surface area contributed by atoms with Crippen LogP contribution in [0.1, 0.15) is 26.2 Å². The molecule has 26 heavy (non-hydrogen) atoms. The number of aliphatic imine (C=N–C) groups is 1. The normalized spacial score (nSPS) is 25.2. The Kier molecular flexibility index (Phi) is 5.72. The molecule has 3 aliphatic heterocycles. The molecule has 3 rings (SSSR count). The van der Waals surface area contributed by atoms with E-state index in [4.69, 9.17) is 4.99 Å². The van der Waals surface area contributed by atoms with Crippen LogP contribution >= 0.6 is 0 Å². The summed E-state index contributed by atoms with van der Waals surface area (Å²) < 4.78 is 2.13. The van der Waals surface area contributed by atoms with Crippen molar-refractivity contribution in [1.29, 1.82) is 0 Å². The van der Waals surface area contributed by atoms with Gasteiger partial charge in [0.2, 0.25) is 0 Å². The standard InChI is InChI=1S/C18H31N6O2/c1-5-6-7-8-24-14(13-23-11-9-20(2)10-12-23)19-16-15(24)17(25)22(4)18(26)21(16)3/h15H,5-13H2,1-4H3/q+1. The molecule has 8 heteroatoms. The maximum Gasteiger partial charge on any atom is 0.333 e. The first-order valence-corrected chi connectivity index (χ1v) is 9.61. The number of amidine groups is 2. The number of urea groups is 1. The van der Waals surface area contributed by atoms with Crippen LogP contribution in [0, 0.1) is 0 Å². The van der Waals surface area contributed by atoms with E-state index in [1.807, 2.05) is 0 Å². The molecule has 0 aromatic rings. The first kappa shape index (κ1) is 19.0. The van der Waals surface area contributed by atoms with Crippen LogP contribution in [0.3, 0.4) is 0 Å². The Morgan fingerprint density at radius 3 is 2.38 bits per heavy atom. The summed E-state index contributed by atoms with van der Waals surface area (Å²) in [4.78, 5) is 37.3. The predicted molar refractivity (Wildman–Crippen MR) is 101 cm³/mol. The average molecular weight is 363 g/mol. The lowest BCUT2D eigenvalue weighted by Crippen LogP contribution is -2.61.